The summed E-state index contributed by atoms with van der Waals surface area (Å²) >= 11 is 0. The van der Waals surface area contributed by atoms with Crippen molar-refractivity contribution in [2.24, 2.45) is 10.3 Å². The van der Waals surface area contributed by atoms with Crippen molar-refractivity contribution in [2.45, 2.75) is 54.6 Å². The first-order valence-electron chi connectivity index (χ1n) is 17.1. The Bertz CT molecular complexity index is 1630. The number of hydrogen-bond donors (Lipinski definition) is 2. The zero-order valence-electron chi connectivity index (χ0n) is 34.4. The van der Waals surface area contributed by atoms with Gasteiger partial charge in [0.2, 0.25) is 0 Å². The van der Waals surface area contributed by atoms with E-state index in [0.717, 1.165) is 14.2 Å². The standard InChI is InChI=1S/2C9H9N4.2C6H5.3C2H6.2CH5NO3S.2Y/c2*1-2-4-9(5-3-1)6-12-13-7-10-11-8-13;2*1-2-4-6-5-3-1;3*1-2;2*1-5-6(2,3)4;;/h2*1-5,7-8H,6H2;2*1-5H;3*1-2H3;2*1H3,(H2,2,3,4);;/q4*-1;;;;;;;. The Balaban J connectivity index is -0.000000194. The predicted molar refractivity (Wildman–Crippen MR) is 223 cm³/mol. The molecule has 58 heavy (non-hydrogen) atoms. The van der Waals surface area contributed by atoms with Gasteiger partial charge in [0.15, 0.2) is 0 Å². The van der Waals surface area contributed by atoms with E-state index in [9.17, 15) is 16.8 Å². The van der Waals surface area contributed by atoms with Crippen LogP contribution in [-0.2, 0) is 107 Å². The van der Waals surface area contributed by atoms with E-state index in [1.807, 2.05) is 163 Å². The van der Waals surface area contributed by atoms with E-state index in [0.29, 0.717) is 13.1 Å². The summed E-state index contributed by atoms with van der Waals surface area (Å²) in [7, 11) is -5.33. The average Bonchev–Trinajstić information content (AvgIpc) is 4.00. The van der Waals surface area contributed by atoms with Crippen LogP contribution in [-0.4, -0.2) is 60.8 Å². The Kier molecular flexibility index (Phi) is 51.1. The Hall–Kier alpha value is -3.29. The number of benzene rings is 4. The molecule has 0 spiro atoms. The monoisotopic (exact) mass is 990 g/mol. The van der Waals surface area contributed by atoms with Crippen LogP contribution in [0.3, 0.4) is 0 Å². The molecule has 0 saturated carbocycles. The van der Waals surface area contributed by atoms with E-state index >= 15 is 0 Å². The molecule has 0 aliphatic rings. The molecule has 6 aromatic rings. The molecule has 2 aromatic heterocycles. The molecule has 0 saturated heterocycles. The molecule has 2 radical (unpaired) electrons. The van der Waals surface area contributed by atoms with Crippen LogP contribution in [0, 0.1) is 12.1 Å². The van der Waals surface area contributed by atoms with E-state index in [1.54, 1.807) is 34.7 Å². The van der Waals surface area contributed by atoms with Gasteiger partial charge in [0.1, 0.15) is 25.3 Å². The summed E-state index contributed by atoms with van der Waals surface area (Å²) in [6.45, 7) is 13.3. The summed E-state index contributed by atoms with van der Waals surface area (Å²) in [5.74, 6) is 0. The van der Waals surface area contributed by atoms with Gasteiger partial charge in [-0.3, -0.25) is 8.37 Å². The molecule has 0 fully saturated rings. The molecule has 16 nitrogen and oxygen atoms in total. The number of rotatable bonds is 8. The van der Waals surface area contributed by atoms with Crippen molar-refractivity contribution in [1.29, 1.82) is 0 Å². The van der Waals surface area contributed by atoms with Crippen molar-refractivity contribution in [3.63, 3.8) is 0 Å². The van der Waals surface area contributed by atoms with Gasteiger partial charge in [0.05, 0.1) is 14.2 Å². The summed E-state index contributed by atoms with van der Waals surface area (Å²) in [5, 5.41) is 23.2. The summed E-state index contributed by atoms with van der Waals surface area (Å²) in [4.78, 5) is 0. The first-order chi connectivity index (χ1) is 27.0. The van der Waals surface area contributed by atoms with Gasteiger partial charge in [0, 0.05) is 65.4 Å². The van der Waals surface area contributed by atoms with E-state index in [1.165, 1.54) is 11.1 Å². The van der Waals surface area contributed by atoms with Crippen LogP contribution in [0.4, 0.5) is 0 Å². The number of hydrogen-bond acceptors (Lipinski definition) is 10. The molecule has 0 aliphatic carbocycles. The fraction of sp³-hybridized carbons (Fsp3) is 0.263. The maximum atomic E-state index is 9.56. The van der Waals surface area contributed by atoms with Crippen LogP contribution in [0.2, 0.25) is 0 Å². The minimum absolute atomic E-state index is 0. The second-order valence-corrected chi connectivity index (χ2v) is 11.4. The fourth-order valence-corrected chi connectivity index (χ4v) is 2.71. The number of nitrogens with two attached hydrogens (primary N) is 2. The topological polar surface area (TPSA) is 228 Å². The third-order valence-electron chi connectivity index (χ3n) is 5.01. The third-order valence-corrected chi connectivity index (χ3v) is 5.94. The van der Waals surface area contributed by atoms with E-state index in [2.05, 4.69) is 62.0 Å². The molecular weight excluding hydrogens is 934 g/mol. The molecule has 0 aliphatic heterocycles. The van der Waals surface area contributed by atoms with Crippen molar-refractivity contribution in [2.75, 3.05) is 14.2 Å². The van der Waals surface area contributed by atoms with Gasteiger partial charge in [0.25, 0.3) is 0 Å². The molecule has 4 N–H and O–H groups in total. The first kappa shape index (κ1) is 63.9. The van der Waals surface area contributed by atoms with Gasteiger partial charge < -0.3 is 20.2 Å². The predicted octanol–water partition coefficient (Wildman–Crippen LogP) is 6.95. The second-order valence-electron chi connectivity index (χ2n) is 8.73. The minimum atomic E-state index is -3.66. The zero-order chi connectivity index (χ0) is 42.8. The molecule has 6 rings (SSSR count). The number of aromatic nitrogens is 6. The SMILES string of the molecule is CC.CC.CC.COS(N)(=O)=O.COS(N)(=O)=O.[Y].[Y].[c-]1ccccc1.[c-]1ccccc1.c1ccc(C[N-]n2cnnc2)cc1.c1ccc(C[N-]n2cnnc2)cc1. The number of nitrogens with zero attached hydrogens (tertiary/aromatic N) is 8. The summed E-state index contributed by atoms with van der Waals surface area (Å²) < 4.78 is 48.8. The minimum Gasteiger partial charge on any atom is -0.611 e. The van der Waals surface area contributed by atoms with Crippen molar-refractivity contribution >= 4 is 20.6 Å². The van der Waals surface area contributed by atoms with Gasteiger partial charge in [-0.05, 0) is 0 Å². The van der Waals surface area contributed by atoms with Crippen LogP contribution in [0.5, 0.6) is 0 Å². The third kappa shape index (κ3) is 47.1. The average molecular weight is 991 g/mol. The van der Waals surface area contributed by atoms with Gasteiger partial charge in [-0.2, -0.15) is 89.6 Å². The molecule has 2 heterocycles. The van der Waals surface area contributed by atoms with Crippen LogP contribution < -0.4 is 10.3 Å². The maximum absolute atomic E-state index is 9.56. The summed E-state index contributed by atoms with van der Waals surface area (Å²) in [6.07, 6.45) is 6.29. The molecule has 20 heteroatoms. The Morgan fingerprint density at radius 2 is 0.724 bits per heavy atom. The first-order valence-corrected chi connectivity index (χ1v) is 20.1. The van der Waals surface area contributed by atoms with Gasteiger partial charge in [-0.15, -0.1) is 20.4 Å². The van der Waals surface area contributed by atoms with Crippen molar-refractivity contribution in [3.05, 3.63) is 181 Å². The van der Waals surface area contributed by atoms with Crippen molar-refractivity contribution in [3.8, 4) is 0 Å². The van der Waals surface area contributed by atoms with Crippen molar-refractivity contribution < 1.29 is 90.6 Å². The molecule has 316 valence electrons. The smallest absolute Gasteiger partial charge is 0.333 e. The second kappa shape index (κ2) is 46.4. The quantitative estimate of drug-likeness (QED) is 0.149. The van der Waals surface area contributed by atoms with Gasteiger partial charge in [-0.1, -0.05) is 126 Å². The Morgan fingerprint density at radius 3 is 0.897 bits per heavy atom. The molecule has 0 amide bonds. The fourth-order valence-electron chi connectivity index (χ4n) is 2.71. The molecule has 0 atom stereocenters. The van der Waals surface area contributed by atoms with Crippen LogP contribution in [0.25, 0.3) is 10.9 Å². The Morgan fingerprint density at radius 1 is 0.500 bits per heavy atom. The zero-order valence-corrected chi connectivity index (χ0v) is 41.7. The van der Waals surface area contributed by atoms with Gasteiger partial charge in [-0.25, -0.2) is 10.3 Å². The maximum Gasteiger partial charge on any atom is 0.333 e. The summed E-state index contributed by atoms with van der Waals surface area (Å²) in [5.41, 5.74) is 10.8. The van der Waals surface area contributed by atoms with Crippen molar-refractivity contribution in [1.82, 2.24) is 29.7 Å². The van der Waals surface area contributed by atoms with Crippen LogP contribution in [0.15, 0.2) is 147 Å². The van der Waals surface area contributed by atoms with E-state index < -0.39 is 20.6 Å². The molecular formula is C38H56N10O6S2Y2-4. The normalized spacial score (nSPS) is 8.79. The largest absolute Gasteiger partial charge is 0.611 e. The summed E-state index contributed by atoms with van der Waals surface area (Å²) in [6, 6.07) is 45.1. The van der Waals surface area contributed by atoms with E-state index in [-0.39, 0.29) is 65.4 Å². The van der Waals surface area contributed by atoms with Gasteiger partial charge >= 0.3 is 20.6 Å². The van der Waals surface area contributed by atoms with Crippen LogP contribution in [0.1, 0.15) is 52.7 Å². The van der Waals surface area contributed by atoms with E-state index in [4.69, 9.17) is 0 Å². The molecule has 0 unspecified atom stereocenters. The Labute approximate surface area is 397 Å². The molecule has 0 bridgehead atoms. The van der Waals surface area contributed by atoms with Crippen LogP contribution >= 0.6 is 0 Å². The molecule has 4 aromatic carbocycles.